The Hall–Kier alpha value is -3.57. The van der Waals surface area contributed by atoms with Crippen LogP contribution >= 0.6 is 11.8 Å². The van der Waals surface area contributed by atoms with Crippen LogP contribution in [0.25, 0.3) is 5.65 Å². The van der Waals surface area contributed by atoms with Gasteiger partial charge in [-0.3, -0.25) is 9.20 Å². The Morgan fingerprint density at radius 2 is 1.90 bits per heavy atom. The monoisotopic (exact) mass is 416 g/mol. The lowest BCUT2D eigenvalue weighted by atomic mass is 10.2. The minimum absolute atomic E-state index is 0.162. The summed E-state index contributed by atoms with van der Waals surface area (Å²) in [7, 11) is 0. The predicted molar refractivity (Wildman–Crippen MR) is 117 cm³/mol. The second-order valence-electron chi connectivity index (χ2n) is 6.87. The summed E-state index contributed by atoms with van der Waals surface area (Å²) in [5.41, 5.74) is 4.16. The summed E-state index contributed by atoms with van der Waals surface area (Å²) in [5.74, 6) is 0.499. The summed E-state index contributed by atoms with van der Waals surface area (Å²) in [6, 6.07) is 17.9. The molecular weight excluding hydrogens is 396 g/mol. The highest BCUT2D eigenvalue weighted by molar-refractivity contribution is 7.99. The number of anilines is 1. The lowest BCUT2D eigenvalue weighted by molar-refractivity contribution is -0.113. The predicted octanol–water partition coefficient (Wildman–Crippen LogP) is 3.80. The minimum atomic E-state index is -0.198. The number of nitrogens with zero attached hydrogens (tertiary/aromatic N) is 5. The zero-order valence-electron chi connectivity index (χ0n) is 16.7. The average molecular weight is 417 g/mol. The number of hydrogen-bond acceptors (Lipinski definition) is 5. The molecule has 0 fully saturated rings. The first kappa shape index (κ1) is 19.7. The quantitative estimate of drug-likeness (QED) is 0.483. The van der Waals surface area contributed by atoms with Crippen LogP contribution in [-0.4, -0.2) is 30.8 Å². The molecule has 0 aliphatic carbocycles. The molecule has 4 aromatic rings. The Bertz CT molecular complexity index is 1250. The first-order chi connectivity index (χ1) is 14.6. The van der Waals surface area contributed by atoms with Crippen molar-refractivity contribution in [3.05, 3.63) is 77.1 Å². The summed E-state index contributed by atoms with van der Waals surface area (Å²) >= 11 is 1.30. The highest BCUT2D eigenvalue weighted by Crippen LogP contribution is 2.28. The maximum Gasteiger partial charge on any atom is 0.235 e. The molecule has 30 heavy (non-hydrogen) atoms. The Labute approximate surface area is 178 Å². The molecular formula is C22H20N6OS. The number of thioether (sulfide) groups is 1. The van der Waals surface area contributed by atoms with Gasteiger partial charge in [0.15, 0.2) is 10.8 Å². The number of benzene rings is 1. The number of nitrogens with one attached hydrogen (secondary N) is 1. The third-order valence-corrected chi connectivity index (χ3v) is 5.94. The van der Waals surface area contributed by atoms with Gasteiger partial charge in [0.1, 0.15) is 11.9 Å². The maximum atomic E-state index is 12.7. The van der Waals surface area contributed by atoms with Crippen LogP contribution in [0.5, 0.6) is 0 Å². The molecule has 4 rings (SSSR count). The lowest BCUT2D eigenvalue weighted by Gasteiger charge is -2.13. The number of pyridine rings is 1. The first-order valence-corrected chi connectivity index (χ1v) is 10.4. The molecule has 0 radical (unpaired) electrons. The van der Waals surface area contributed by atoms with E-state index in [0.29, 0.717) is 23.1 Å². The van der Waals surface area contributed by atoms with Crippen molar-refractivity contribution < 1.29 is 4.79 Å². The van der Waals surface area contributed by atoms with Crippen LogP contribution in [0.2, 0.25) is 0 Å². The lowest BCUT2D eigenvalue weighted by Crippen LogP contribution is -2.18. The van der Waals surface area contributed by atoms with Gasteiger partial charge in [-0.25, -0.2) is 0 Å². The Balaban J connectivity index is 1.55. The second kappa shape index (κ2) is 8.43. The Kier molecular flexibility index (Phi) is 5.55. The molecule has 150 valence electrons. The van der Waals surface area contributed by atoms with Crippen LogP contribution in [0.3, 0.4) is 0 Å². The van der Waals surface area contributed by atoms with Crippen LogP contribution in [0.1, 0.15) is 22.4 Å². The van der Waals surface area contributed by atoms with Crippen molar-refractivity contribution in [2.45, 2.75) is 25.5 Å². The van der Waals surface area contributed by atoms with E-state index >= 15 is 0 Å². The number of rotatable bonds is 6. The van der Waals surface area contributed by atoms with Gasteiger partial charge in [-0.1, -0.05) is 48.2 Å². The normalized spacial score (nSPS) is 10.8. The number of amides is 1. The highest BCUT2D eigenvalue weighted by atomic mass is 32.2. The van der Waals surface area contributed by atoms with Gasteiger partial charge in [-0.2, -0.15) is 5.26 Å². The van der Waals surface area contributed by atoms with E-state index < -0.39 is 0 Å². The fourth-order valence-electron chi connectivity index (χ4n) is 3.31. The zero-order chi connectivity index (χ0) is 21.1. The molecule has 0 saturated carbocycles. The smallest absolute Gasteiger partial charge is 0.235 e. The van der Waals surface area contributed by atoms with Crippen molar-refractivity contribution in [3.63, 3.8) is 0 Å². The largest absolute Gasteiger partial charge is 0.326 e. The van der Waals surface area contributed by atoms with Gasteiger partial charge in [-0.05, 0) is 37.1 Å². The van der Waals surface area contributed by atoms with Crippen molar-refractivity contribution in [3.8, 4) is 6.07 Å². The highest BCUT2D eigenvalue weighted by Gasteiger charge is 2.20. The number of carbonyl (C=O) groups excluding carboxylic acids is 1. The van der Waals surface area contributed by atoms with E-state index in [1.165, 1.54) is 11.8 Å². The number of hydrogen-bond donors (Lipinski definition) is 1. The maximum absolute atomic E-state index is 12.7. The van der Waals surface area contributed by atoms with Gasteiger partial charge in [0.2, 0.25) is 5.91 Å². The van der Waals surface area contributed by atoms with Gasteiger partial charge < -0.3 is 9.88 Å². The molecule has 0 atom stereocenters. The molecule has 0 spiro atoms. The van der Waals surface area contributed by atoms with Crippen molar-refractivity contribution in [1.29, 1.82) is 5.26 Å². The fourth-order valence-corrected chi connectivity index (χ4v) is 4.03. The van der Waals surface area contributed by atoms with Gasteiger partial charge in [0.05, 0.1) is 11.3 Å². The Morgan fingerprint density at radius 3 is 2.67 bits per heavy atom. The van der Waals surface area contributed by atoms with Crippen LogP contribution in [-0.2, 0) is 11.3 Å². The molecule has 7 nitrogen and oxygen atoms in total. The van der Waals surface area contributed by atoms with E-state index in [0.717, 1.165) is 22.5 Å². The molecule has 1 amide bonds. The number of carbonyl (C=O) groups is 1. The topological polar surface area (TPSA) is 88.0 Å². The third-order valence-electron chi connectivity index (χ3n) is 5.00. The first-order valence-electron chi connectivity index (χ1n) is 9.44. The number of fused-ring (bicyclic) bond motifs is 1. The van der Waals surface area contributed by atoms with E-state index in [-0.39, 0.29) is 11.7 Å². The van der Waals surface area contributed by atoms with E-state index in [1.54, 1.807) is 0 Å². The van der Waals surface area contributed by atoms with Crippen molar-refractivity contribution >= 4 is 29.1 Å². The molecule has 0 aliphatic heterocycles. The van der Waals surface area contributed by atoms with E-state index in [1.807, 2.05) is 77.5 Å². The molecule has 8 heteroatoms. The van der Waals surface area contributed by atoms with Gasteiger partial charge in [0, 0.05) is 18.4 Å². The summed E-state index contributed by atoms with van der Waals surface area (Å²) in [6.45, 7) is 4.45. The van der Waals surface area contributed by atoms with Crippen LogP contribution in [0.15, 0.2) is 59.9 Å². The summed E-state index contributed by atoms with van der Waals surface area (Å²) in [6.07, 6.45) is 1.86. The van der Waals surface area contributed by atoms with E-state index in [4.69, 9.17) is 0 Å². The molecule has 3 heterocycles. The number of aromatic nitrogens is 4. The fraction of sp³-hybridized carbons (Fsp3) is 0.182. The minimum Gasteiger partial charge on any atom is -0.326 e. The average Bonchev–Trinajstić information content (AvgIpc) is 3.27. The van der Waals surface area contributed by atoms with Crippen molar-refractivity contribution in [1.82, 2.24) is 19.2 Å². The summed E-state index contributed by atoms with van der Waals surface area (Å²) in [5, 5.41) is 21.5. The Morgan fingerprint density at radius 1 is 1.13 bits per heavy atom. The number of nitriles is 1. The van der Waals surface area contributed by atoms with Crippen LogP contribution in [0, 0.1) is 25.2 Å². The van der Waals surface area contributed by atoms with Crippen molar-refractivity contribution in [2.75, 3.05) is 11.1 Å². The molecule has 0 saturated heterocycles. The van der Waals surface area contributed by atoms with E-state index in [9.17, 15) is 10.1 Å². The van der Waals surface area contributed by atoms with Crippen LogP contribution < -0.4 is 5.32 Å². The molecule has 3 aromatic heterocycles. The summed E-state index contributed by atoms with van der Waals surface area (Å²) < 4.78 is 3.82. The van der Waals surface area contributed by atoms with Crippen LogP contribution in [0.4, 0.5) is 5.82 Å². The van der Waals surface area contributed by atoms with Gasteiger partial charge >= 0.3 is 0 Å². The molecule has 1 N–H and O–H groups in total. The molecule has 1 aromatic carbocycles. The molecule has 0 unspecified atom stereocenters. The van der Waals surface area contributed by atoms with E-state index in [2.05, 4.69) is 21.6 Å². The SMILES string of the molecule is Cc1c(C#N)c(NC(=O)CSc2nnc3ccccn23)n(Cc2ccccc2)c1C. The van der Waals surface area contributed by atoms with Gasteiger partial charge in [0.25, 0.3) is 0 Å². The second-order valence-corrected chi connectivity index (χ2v) is 7.81. The van der Waals surface area contributed by atoms with Crippen molar-refractivity contribution in [2.24, 2.45) is 0 Å². The zero-order valence-corrected chi connectivity index (χ0v) is 17.5. The van der Waals surface area contributed by atoms with Gasteiger partial charge in [-0.15, -0.1) is 10.2 Å². The molecule has 0 bridgehead atoms. The summed E-state index contributed by atoms with van der Waals surface area (Å²) in [4.78, 5) is 12.7. The molecule has 0 aliphatic rings. The standard InChI is InChI=1S/C22H20N6OS/c1-15-16(2)28(13-17-8-4-3-5-9-17)21(18(15)12-23)24-20(29)14-30-22-26-25-19-10-6-7-11-27(19)22/h3-11H,13-14H2,1-2H3,(H,24,29). The third kappa shape index (κ3) is 3.80.